The van der Waals surface area contributed by atoms with E-state index in [9.17, 15) is 74.6 Å². The van der Waals surface area contributed by atoms with E-state index < -0.39 is 162 Å². The maximum atomic E-state index is 14.9. The second-order valence-electron chi connectivity index (χ2n) is 31.7. The summed E-state index contributed by atoms with van der Waals surface area (Å²) in [6.45, 7) is 5.50. The molecule has 0 radical (unpaired) electrons. The van der Waals surface area contributed by atoms with E-state index >= 15 is 0 Å². The number of carbonyl (C=O) groups is 4. The van der Waals surface area contributed by atoms with Gasteiger partial charge in [0, 0.05) is 25.7 Å². The fraction of sp³-hybridized carbons (Fsp3) is 0.885. The first-order valence-corrected chi connectivity index (χ1v) is 46.2. The van der Waals surface area contributed by atoms with E-state index in [0.29, 0.717) is 32.1 Å². The van der Waals surface area contributed by atoms with Gasteiger partial charge in [-0.05, 0) is 103 Å². The number of hydrogen-bond acceptors (Lipinski definition) is 24. The van der Waals surface area contributed by atoms with Crippen molar-refractivity contribution in [3.05, 3.63) is 36.5 Å². The number of aliphatic hydroxyl groups excluding tert-OH is 9. The van der Waals surface area contributed by atoms with Gasteiger partial charge in [-0.25, -0.2) is 4.57 Å². The Morgan fingerprint density at radius 2 is 0.664 bits per heavy atom. The number of hydrogen-bond donors (Lipinski definition) is 10. The average Bonchev–Trinajstić information content (AvgIpc) is 0.754. The number of unbranched alkanes of at least 4 members (excludes halogenated alkanes) is 41. The molecule has 26 heteroatoms. The van der Waals surface area contributed by atoms with E-state index in [1.54, 1.807) is 0 Å². The molecule has 2 aliphatic heterocycles. The summed E-state index contributed by atoms with van der Waals surface area (Å²) in [5, 5.41) is 102. The summed E-state index contributed by atoms with van der Waals surface area (Å²) in [4.78, 5) is 66.2. The standard InChI is InChI=1S/C87H157O25P/c1-5-9-13-17-21-25-29-33-34-38-40-44-48-52-56-60-71(90)104-66-69-75(94)77(96)81(100)87(108-69)111-84-82(109-73(92)62-58-54-50-46-42-37-32-28-24-20-16-12-8-4)78(97)79(98)83(110-86-80(99)76(95)74(93)68(63-88)107-86)85(84)112-113(101,102)105-65-67(106-72(91)61-57-53-49-45-41-36-31-27-23-19-15-11-7-3)64-103-70(89)59-55-51-47-43-39-35-30-26-22-18-14-10-6-2/h25,29,35,37,39,42,67-69,74-88,93-100H,5-24,26-28,30-34,36,38,40-41,43-66H2,1-4H3,(H,101,102)/b29-25-,39-35-,42-37-. The van der Waals surface area contributed by atoms with Gasteiger partial charge >= 0.3 is 31.7 Å². The van der Waals surface area contributed by atoms with E-state index in [4.69, 9.17) is 46.9 Å². The van der Waals surface area contributed by atoms with Crippen LogP contribution in [0.3, 0.4) is 0 Å². The van der Waals surface area contributed by atoms with E-state index in [1.165, 1.54) is 128 Å². The van der Waals surface area contributed by atoms with Crippen LogP contribution in [0.15, 0.2) is 36.5 Å². The summed E-state index contributed by atoms with van der Waals surface area (Å²) in [6, 6.07) is 0. The van der Waals surface area contributed by atoms with Crippen LogP contribution in [0.2, 0.25) is 0 Å². The third-order valence-electron chi connectivity index (χ3n) is 21.6. The minimum absolute atomic E-state index is 0.00645. The Kier molecular flexibility index (Phi) is 61.1. The minimum Gasteiger partial charge on any atom is -0.463 e. The van der Waals surface area contributed by atoms with Crippen molar-refractivity contribution in [2.45, 2.75) is 466 Å². The quantitative estimate of drug-likeness (QED) is 0.00889. The zero-order valence-corrected chi connectivity index (χ0v) is 70.8. The Balaban J connectivity index is 1.94. The van der Waals surface area contributed by atoms with Crippen LogP contribution in [-0.4, -0.2) is 205 Å². The van der Waals surface area contributed by atoms with E-state index in [0.717, 1.165) is 141 Å². The van der Waals surface area contributed by atoms with Crippen molar-refractivity contribution in [2.75, 3.05) is 26.4 Å². The maximum Gasteiger partial charge on any atom is 0.472 e. The number of allylic oxidation sites excluding steroid dienone is 6. The van der Waals surface area contributed by atoms with Crippen molar-refractivity contribution in [1.29, 1.82) is 0 Å². The Labute approximate surface area is 678 Å². The number of aliphatic hydroxyl groups is 9. The second kappa shape index (κ2) is 66.5. The lowest BCUT2D eigenvalue weighted by Crippen LogP contribution is -2.70. The number of esters is 4. The summed E-state index contributed by atoms with van der Waals surface area (Å²) in [5.41, 5.74) is 0. The van der Waals surface area contributed by atoms with Gasteiger partial charge in [0.15, 0.2) is 24.8 Å². The summed E-state index contributed by atoms with van der Waals surface area (Å²) >= 11 is 0. The molecule has 18 unspecified atom stereocenters. The molecular formula is C87H157O25P. The highest BCUT2D eigenvalue weighted by atomic mass is 31.2. The van der Waals surface area contributed by atoms with E-state index in [-0.39, 0.29) is 32.1 Å². The topological polar surface area (TPSA) is 380 Å². The van der Waals surface area contributed by atoms with Gasteiger partial charge in [-0.15, -0.1) is 0 Å². The average molecular weight is 1630 g/mol. The summed E-state index contributed by atoms with van der Waals surface area (Å²) in [6.07, 6.45) is 26.0. The Morgan fingerprint density at radius 1 is 0.345 bits per heavy atom. The summed E-state index contributed by atoms with van der Waals surface area (Å²) < 4.78 is 73.2. The molecule has 18 atom stereocenters. The number of carbonyl (C=O) groups excluding carboxylic acids is 4. The number of phosphoric ester groups is 1. The zero-order chi connectivity index (χ0) is 82.5. The molecular weight excluding hydrogens is 1480 g/mol. The SMILES string of the molecule is CCCCCC/C=C\CCCCCCCCCC(=O)OCC1OC(OC2C(OC(=O)CCCCC/C=C\CCCCCCCC)C(O)C(O)C(OC3OC(CO)C(O)C(O)C3O)C2OP(=O)(O)OCC(COC(=O)CCCCC/C=C\CCCCCCCC)OC(=O)CCCCCCCCCCCCCCC)C(O)C(O)C1O. The fourth-order valence-electron chi connectivity index (χ4n) is 14.4. The molecule has 0 amide bonds. The molecule has 3 rings (SSSR count). The molecule has 0 aromatic rings. The van der Waals surface area contributed by atoms with Crippen molar-refractivity contribution >= 4 is 31.7 Å². The molecule has 0 bridgehead atoms. The Hall–Kier alpha value is -3.31. The summed E-state index contributed by atoms with van der Waals surface area (Å²) in [7, 11) is -5.81. The molecule has 10 N–H and O–H groups in total. The summed E-state index contributed by atoms with van der Waals surface area (Å²) in [5.74, 6) is -3.01. The fourth-order valence-corrected chi connectivity index (χ4v) is 15.4. The zero-order valence-electron chi connectivity index (χ0n) is 69.9. The predicted octanol–water partition coefficient (Wildman–Crippen LogP) is 15.5. The van der Waals surface area contributed by atoms with Crippen LogP contribution in [0, 0.1) is 0 Å². The molecule has 2 saturated heterocycles. The minimum atomic E-state index is -5.81. The lowest BCUT2D eigenvalue weighted by molar-refractivity contribution is -0.360. The maximum absolute atomic E-state index is 14.9. The molecule has 2 heterocycles. The van der Waals surface area contributed by atoms with Crippen LogP contribution >= 0.6 is 7.82 Å². The van der Waals surface area contributed by atoms with Gasteiger partial charge in [0.2, 0.25) is 0 Å². The van der Waals surface area contributed by atoms with Crippen LogP contribution in [0.1, 0.15) is 362 Å². The highest BCUT2D eigenvalue weighted by molar-refractivity contribution is 7.47. The van der Waals surface area contributed by atoms with Crippen LogP contribution < -0.4 is 0 Å². The lowest BCUT2D eigenvalue weighted by atomic mass is 9.84. The van der Waals surface area contributed by atoms with E-state index in [2.05, 4.69) is 64.2 Å². The van der Waals surface area contributed by atoms with Gasteiger partial charge in [0.05, 0.1) is 13.2 Å². The smallest absolute Gasteiger partial charge is 0.463 e. The molecule has 0 aromatic heterocycles. The molecule has 1 aliphatic carbocycles. The normalized spacial score (nSPS) is 25.6. The molecule has 0 aromatic carbocycles. The second-order valence-corrected chi connectivity index (χ2v) is 33.1. The highest BCUT2D eigenvalue weighted by Gasteiger charge is 2.60. The number of ether oxygens (including phenoxy) is 8. The van der Waals surface area contributed by atoms with E-state index in [1.807, 2.05) is 0 Å². The first-order chi connectivity index (χ1) is 54.7. The highest BCUT2D eigenvalue weighted by Crippen LogP contribution is 2.49. The van der Waals surface area contributed by atoms with Crippen LogP contribution in [-0.2, 0) is 70.7 Å². The number of phosphoric acid groups is 1. The number of rotatable bonds is 71. The largest absolute Gasteiger partial charge is 0.472 e. The molecule has 113 heavy (non-hydrogen) atoms. The van der Waals surface area contributed by atoms with Gasteiger partial charge in [-0.1, -0.05) is 270 Å². The molecule has 25 nitrogen and oxygen atoms in total. The van der Waals surface area contributed by atoms with Crippen molar-refractivity contribution < 1.29 is 122 Å². The van der Waals surface area contributed by atoms with Crippen molar-refractivity contribution in [2.24, 2.45) is 0 Å². The van der Waals surface area contributed by atoms with Gasteiger partial charge in [0.25, 0.3) is 0 Å². The molecule has 1 saturated carbocycles. The van der Waals surface area contributed by atoms with Gasteiger partial charge in [-0.2, -0.15) is 0 Å². The molecule has 3 aliphatic rings. The molecule has 3 fully saturated rings. The van der Waals surface area contributed by atoms with Crippen LogP contribution in [0.4, 0.5) is 0 Å². The molecule has 0 spiro atoms. The van der Waals surface area contributed by atoms with Gasteiger partial charge in [-0.3, -0.25) is 28.2 Å². The third-order valence-corrected chi connectivity index (χ3v) is 22.6. The van der Waals surface area contributed by atoms with Gasteiger partial charge < -0.3 is 88.7 Å². The monoisotopic (exact) mass is 1630 g/mol. The lowest BCUT2D eigenvalue weighted by Gasteiger charge is -2.50. The predicted molar refractivity (Wildman–Crippen MR) is 435 cm³/mol. The Bertz CT molecular complexity index is 2510. The van der Waals surface area contributed by atoms with Crippen molar-refractivity contribution in [3.63, 3.8) is 0 Å². The Morgan fingerprint density at radius 3 is 1.07 bits per heavy atom. The first-order valence-electron chi connectivity index (χ1n) is 44.7. The van der Waals surface area contributed by atoms with Crippen LogP contribution in [0.25, 0.3) is 0 Å². The third kappa shape index (κ3) is 47.3. The first kappa shape index (κ1) is 104. The van der Waals surface area contributed by atoms with Crippen molar-refractivity contribution in [3.8, 4) is 0 Å². The van der Waals surface area contributed by atoms with Gasteiger partial charge in [0.1, 0.15) is 92.6 Å². The van der Waals surface area contributed by atoms with Crippen molar-refractivity contribution in [1.82, 2.24) is 0 Å². The molecule has 660 valence electrons. The van der Waals surface area contributed by atoms with Crippen LogP contribution in [0.5, 0.6) is 0 Å².